The van der Waals surface area contributed by atoms with Gasteiger partial charge in [0.05, 0.1) is 30.6 Å². The van der Waals surface area contributed by atoms with Crippen LogP contribution in [0.1, 0.15) is 11.6 Å². The van der Waals surface area contributed by atoms with Crippen molar-refractivity contribution in [2.45, 2.75) is 6.04 Å². The maximum atomic E-state index is 14.5. The van der Waals surface area contributed by atoms with Gasteiger partial charge in [0.1, 0.15) is 11.3 Å². The molecule has 3 heterocycles. The Morgan fingerprint density at radius 1 is 1.30 bits per heavy atom. The van der Waals surface area contributed by atoms with Crippen LogP contribution >= 0.6 is 0 Å². The highest BCUT2D eigenvalue weighted by molar-refractivity contribution is 7.89. The van der Waals surface area contributed by atoms with E-state index < -0.39 is 21.9 Å². The average Bonchev–Trinajstić information content (AvgIpc) is 2.72. The first-order valence-corrected chi connectivity index (χ1v) is 10.4. The predicted molar refractivity (Wildman–Crippen MR) is 109 cm³/mol. The molecule has 1 aliphatic heterocycles. The molecule has 1 atom stereocenters. The summed E-state index contributed by atoms with van der Waals surface area (Å²) in [7, 11) is -0.883. The summed E-state index contributed by atoms with van der Waals surface area (Å²) >= 11 is 0. The number of benzene rings is 1. The molecular formula is C18H18FN7O3S. The van der Waals surface area contributed by atoms with Crippen LogP contribution in [0, 0.1) is 5.82 Å². The molecule has 0 saturated carbocycles. The molecule has 0 saturated heterocycles. The molecule has 3 aromatic rings. The lowest BCUT2D eigenvalue weighted by molar-refractivity contribution is 0.397. The van der Waals surface area contributed by atoms with Gasteiger partial charge in [-0.3, -0.25) is 0 Å². The van der Waals surface area contributed by atoms with Crippen molar-refractivity contribution in [1.29, 1.82) is 0 Å². The zero-order chi connectivity index (χ0) is 21.5. The van der Waals surface area contributed by atoms with Crippen molar-refractivity contribution in [2.75, 3.05) is 25.2 Å². The Kier molecular flexibility index (Phi) is 4.86. The van der Waals surface area contributed by atoms with Gasteiger partial charge >= 0.3 is 0 Å². The number of aromatic nitrogens is 3. The highest BCUT2D eigenvalue weighted by atomic mass is 32.2. The van der Waals surface area contributed by atoms with Crippen molar-refractivity contribution in [3.8, 4) is 5.88 Å². The van der Waals surface area contributed by atoms with Crippen LogP contribution < -0.4 is 15.8 Å². The molecule has 1 aliphatic rings. The van der Waals surface area contributed by atoms with Gasteiger partial charge in [-0.25, -0.2) is 37.1 Å². The Balaban J connectivity index is 1.71. The predicted octanol–water partition coefficient (Wildman–Crippen LogP) is 1.55. The monoisotopic (exact) mass is 431 g/mol. The minimum absolute atomic E-state index is 0.104. The number of hydrogen-bond donors (Lipinski definition) is 2. The van der Waals surface area contributed by atoms with Crippen molar-refractivity contribution in [3.05, 3.63) is 48.0 Å². The first kappa shape index (κ1) is 19.8. The number of methoxy groups -OCH3 is 1. The van der Waals surface area contributed by atoms with Crippen LogP contribution in [0.25, 0.3) is 11.0 Å². The maximum Gasteiger partial charge on any atom is 0.239 e. The number of hydrogen-bond acceptors (Lipinski definition) is 9. The van der Waals surface area contributed by atoms with Crippen LogP contribution in [-0.4, -0.2) is 53.5 Å². The fraction of sp³-hybridized carbons (Fsp3) is 0.222. The van der Waals surface area contributed by atoms with Crippen LogP contribution in [0.5, 0.6) is 5.88 Å². The van der Waals surface area contributed by atoms with Crippen molar-refractivity contribution >= 4 is 38.5 Å². The Labute approximate surface area is 171 Å². The number of guanidine groups is 1. The van der Waals surface area contributed by atoms with E-state index in [-0.39, 0.29) is 17.3 Å². The van der Waals surface area contributed by atoms with E-state index in [1.807, 2.05) is 0 Å². The number of sulfonamides is 1. The number of rotatable bonds is 4. The normalized spacial score (nSPS) is 18.2. The summed E-state index contributed by atoms with van der Waals surface area (Å²) in [6.45, 7) is 0. The third-order valence-corrected chi connectivity index (χ3v) is 6.42. The third-order valence-electron chi connectivity index (χ3n) is 4.66. The quantitative estimate of drug-likeness (QED) is 0.635. The van der Waals surface area contributed by atoms with E-state index in [0.29, 0.717) is 28.4 Å². The number of nitrogens with two attached hydrogens (primary N) is 1. The second kappa shape index (κ2) is 7.37. The number of ether oxygens (including phenoxy) is 1. The molecule has 156 valence electrons. The highest BCUT2D eigenvalue weighted by Crippen LogP contribution is 2.30. The first-order valence-electron chi connectivity index (χ1n) is 8.80. The molecule has 4 rings (SSSR count). The topological polar surface area (TPSA) is 136 Å². The minimum atomic E-state index is -3.68. The van der Waals surface area contributed by atoms with Crippen LogP contribution in [-0.2, 0) is 10.0 Å². The summed E-state index contributed by atoms with van der Waals surface area (Å²) in [5.41, 5.74) is 7.34. The number of fused-ring (bicyclic) bond motifs is 1. The fourth-order valence-electron chi connectivity index (χ4n) is 3.02. The Hall–Kier alpha value is -3.54. The second-order valence-electron chi connectivity index (χ2n) is 6.55. The standard InChI is InChI=1S/C18H18FN7O3S/c1-26-18(20)25-14(9-30(26,27)28)11-7-10(3-4-12(11)19)23-17-16-13(5-6-21-17)24-15(29-2)8-22-16/h3-8,14H,9H2,1-2H3,(H2,20,25)(H,21,23). The number of pyridine rings is 1. The molecule has 0 fully saturated rings. The van der Waals surface area contributed by atoms with Crippen LogP contribution in [0.4, 0.5) is 15.9 Å². The zero-order valence-corrected chi connectivity index (χ0v) is 16.9. The highest BCUT2D eigenvalue weighted by Gasteiger charge is 2.32. The Bertz CT molecular complexity index is 1270. The van der Waals surface area contributed by atoms with E-state index >= 15 is 0 Å². The lowest BCUT2D eigenvalue weighted by Gasteiger charge is -2.27. The van der Waals surface area contributed by atoms with Crippen molar-refractivity contribution in [1.82, 2.24) is 19.3 Å². The van der Waals surface area contributed by atoms with Gasteiger partial charge in [0, 0.05) is 24.5 Å². The van der Waals surface area contributed by atoms with Gasteiger partial charge in [-0.1, -0.05) is 0 Å². The molecule has 30 heavy (non-hydrogen) atoms. The molecule has 0 aliphatic carbocycles. The van der Waals surface area contributed by atoms with E-state index in [1.54, 1.807) is 12.3 Å². The van der Waals surface area contributed by atoms with Gasteiger partial charge in [0.15, 0.2) is 5.82 Å². The molecule has 0 amide bonds. The Morgan fingerprint density at radius 2 is 2.10 bits per heavy atom. The molecule has 0 bridgehead atoms. The third kappa shape index (κ3) is 3.56. The van der Waals surface area contributed by atoms with E-state index in [1.165, 1.54) is 38.6 Å². The van der Waals surface area contributed by atoms with Crippen LogP contribution in [0.3, 0.4) is 0 Å². The number of anilines is 2. The van der Waals surface area contributed by atoms with Crippen LogP contribution in [0.15, 0.2) is 41.7 Å². The van der Waals surface area contributed by atoms with Crippen LogP contribution in [0.2, 0.25) is 0 Å². The molecule has 0 spiro atoms. The number of nitrogens with one attached hydrogen (secondary N) is 1. The summed E-state index contributed by atoms with van der Waals surface area (Å²) in [6, 6.07) is 4.95. The smallest absolute Gasteiger partial charge is 0.239 e. The summed E-state index contributed by atoms with van der Waals surface area (Å²) in [4.78, 5) is 17.0. The number of aliphatic imine (C=N–C) groups is 1. The van der Waals surface area contributed by atoms with E-state index in [4.69, 9.17) is 10.5 Å². The molecule has 3 N–H and O–H groups in total. The van der Waals surface area contributed by atoms with Gasteiger partial charge in [-0.15, -0.1) is 0 Å². The van der Waals surface area contributed by atoms with E-state index in [2.05, 4.69) is 25.3 Å². The molecule has 12 heteroatoms. The van der Waals surface area contributed by atoms with Crippen molar-refractivity contribution in [3.63, 3.8) is 0 Å². The van der Waals surface area contributed by atoms with Gasteiger partial charge in [0.2, 0.25) is 21.9 Å². The van der Waals surface area contributed by atoms with Crippen molar-refractivity contribution in [2.24, 2.45) is 10.7 Å². The summed E-state index contributed by atoms with van der Waals surface area (Å²) in [5, 5.41) is 3.07. The van der Waals surface area contributed by atoms with Gasteiger partial charge in [-0.05, 0) is 24.3 Å². The molecule has 2 aromatic heterocycles. The summed E-state index contributed by atoms with van der Waals surface area (Å²) < 4.78 is 45.0. The summed E-state index contributed by atoms with van der Waals surface area (Å²) in [5.74, 6) is -0.398. The lowest BCUT2D eigenvalue weighted by Crippen LogP contribution is -2.45. The van der Waals surface area contributed by atoms with Gasteiger partial charge < -0.3 is 15.8 Å². The summed E-state index contributed by atoms with van der Waals surface area (Å²) in [6.07, 6.45) is 3.02. The SMILES string of the molecule is COc1cnc2c(Nc3ccc(F)c(C4CS(=O)(=O)N(C)C(N)=N4)c3)nccc2n1. The minimum Gasteiger partial charge on any atom is -0.480 e. The van der Waals surface area contributed by atoms with E-state index in [9.17, 15) is 12.8 Å². The number of nitrogens with zero attached hydrogens (tertiary/aromatic N) is 5. The molecule has 0 radical (unpaired) electrons. The Morgan fingerprint density at radius 3 is 2.83 bits per heavy atom. The second-order valence-corrected chi connectivity index (χ2v) is 8.59. The zero-order valence-electron chi connectivity index (χ0n) is 16.1. The van der Waals surface area contributed by atoms with Crippen molar-refractivity contribution < 1.29 is 17.5 Å². The van der Waals surface area contributed by atoms with Gasteiger partial charge in [0.25, 0.3) is 0 Å². The van der Waals surface area contributed by atoms with E-state index in [0.717, 1.165) is 4.31 Å². The van der Waals surface area contributed by atoms with Gasteiger partial charge in [-0.2, -0.15) is 0 Å². The number of halogens is 1. The largest absolute Gasteiger partial charge is 0.480 e. The molecular weight excluding hydrogens is 413 g/mol. The molecule has 10 nitrogen and oxygen atoms in total. The fourth-order valence-corrected chi connectivity index (χ4v) is 4.23. The first-order chi connectivity index (χ1) is 14.3. The lowest BCUT2D eigenvalue weighted by atomic mass is 10.1. The average molecular weight is 431 g/mol. The maximum absolute atomic E-state index is 14.5. The molecule has 1 aromatic carbocycles. The molecule has 1 unspecified atom stereocenters.